The fourth-order valence-corrected chi connectivity index (χ4v) is 4.10. The summed E-state index contributed by atoms with van der Waals surface area (Å²) in [5.41, 5.74) is 4.68. The van der Waals surface area contributed by atoms with Crippen LogP contribution in [0.4, 0.5) is 0 Å². The van der Waals surface area contributed by atoms with Gasteiger partial charge in [0.2, 0.25) is 0 Å². The molecule has 1 aliphatic rings. The van der Waals surface area contributed by atoms with Crippen molar-refractivity contribution in [3.8, 4) is 11.5 Å². The monoisotopic (exact) mass is 457 g/mol. The zero-order valence-corrected chi connectivity index (χ0v) is 18.6. The maximum absolute atomic E-state index is 12.5. The van der Waals surface area contributed by atoms with Crippen molar-refractivity contribution in [1.29, 1.82) is 0 Å². The quantitative estimate of drug-likeness (QED) is 0.335. The number of hydrogen-bond acceptors (Lipinski definition) is 5. The second-order valence-electron chi connectivity index (χ2n) is 7.59. The Balaban J connectivity index is 1.36. The molecule has 0 unspecified atom stereocenters. The highest BCUT2D eigenvalue weighted by Gasteiger charge is 2.27. The molecule has 0 amide bonds. The fourth-order valence-electron chi connectivity index (χ4n) is 3.84. The minimum Gasteiger partial charge on any atom is -0.495 e. The lowest BCUT2D eigenvalue weighted by molar-refractivity contribution is -0.133. The molecule has 0 saturated carbocycles. The molecular formula is C27H20ClNO4. The summed E-state index contributed by atoms with van der Waals surface area (Å²) in [6.45, 7) is 0.549. The van der Waals surface area contributed by atoms with Crippen molar-refractivity contribution in [2.75, 3.05) is 13.7 Å². The van der Waals surface area contributed by atoms with Crippen LogP contribution in [0, 0.1) is 0 Å². The van der Waals surface area contributed by atoms with E-state index in [1.54, 1.807) is 19.2 Å². The maximum Gasteiger partial charge on any atom is 0.339 e. The van der Waals surface area contributed by atoms with Crippen LogP contribution >= 0.6 is 11.6 Å². The van der Waals surface area contributed by atoms with Gasteiger partial charge in [-0.2, -0.15) is 0 Å². The predicted molar refractivity (Wildman–Crippen MR) is 128 cm³/mol. The minimum absolute atomic E-state index is 0.197. The molecule has 2 heterocycles. The number of carbonyl (C=O) groups is 1. The Morgan fingerprint density at radius 2 is 1.76 bits per heavy atom. The number of nitrogens with zero attached hydrogens (tertiary/aromatic N) is 1. The van der Waals surface area contributed by atoms with Gasteiger partial charge in [-0.25, -0.2) is 9.78 Å². The van der Waals surface area contributed by atoms with Gasteiger partial charge in [0, 0.05) is 11.0 Å². The summed E-state index contributed by atoms with van der Waals surface area (Å²) < 4.78 is 16.5. The number of benzene rings is 3. The molecule has 0 saturated heterocycles. The van der Waals surface area contributed by atoms with E-state index < -0.39 is 0 Å². The number of pyridine rings is 1. The van der Waals surface area contributed by atoms with Gasteiger partial charge in [-0.15, -0.1) is 0 Å². The predicted octanol–water partition coefficient (Wildman–Crippen LogP) is 5.94. The van der Waals surface area contributed by atoms with Gasteiger partial charge in [0.15, 0.2) is 0 Å². The van der Waals surface area contributed by atoms with Gasteiger partial charge >= 0.3 is 5.97 Å². The third-order valence-corrected chi connectivity index (χ3v) is 5.83. The maximum atomic E-state index is 12.5. The van der Waals surface area contributed by atoms with Crippen molar-refractivity contribution >= 4 is 39.6 Å². The van der Waals surface area contributed by atoms with Gasteiger partial charge in [0.1, 0.15) is 24.7 Å². The van der Waals surface area contributed by atoms with Crippen LogP contribution in [-0.4, -0.2) is 24.7 Å². The average Bonchev–Trinajstić information content (AvgIpc) is 3.24. The standard InChI is InChI=1S/C27H20ClNO4/c1-31-25-13-9-19(14-23(25)28)22-16-33-27(30)26(22)18-7-11-21(12-8-18)32-15-20-10-6-17-4-2-3-5-24(17)29-20/h2-14H,15-16H2,1H3. The Kier molecular flexibility index (Phi) is 5.71. The van der Waals surface area contributed by atoms with Crippen LogP contribution < -0.4 is 9.47 Å². The molecule has 5 nitrogen and oxygen atoms in total. The summed E-state index contributed by atoms with van der Waals surface area (Å²) in [5.74, 6) is 0.913. The van der Waals surface area contributed by atoms with Gasteiger partial charge in [0.25, 0.3) is 0 Å². The minimum atomic E-state index is -0.356. The number of aromatic nitrogens is 1. The lowest BCUT2D eigenvalue weighted by Crippen LogP contribution is -2.00. The molecule has 6 heteroatoms. The third-order valence-electron chi connectivity index (χ3n) is 5.54. The Morgan fingerprint density at radius 1 is 0.970 bits per heavy atom. The Bertz CT molecular complexity index is 1380. The van der Waals surface area contributed by atoms with Crippen LogP contribution in [0.15, 0.2) is 78.9 Å². The van der Waals surface area contributed by atoms with Gasteiger partial charge in [-0.3, -0.25) is 0 Å². The summed E-state index contributed by atoms with van der Waals surface area (Å²) >= 11 is 6.28. The summed E-state index contributed by atoms with van der Waals surface area (Å²) in [7, 11) is 1.56. The number of methoxy groups -OCH3 is 1. The molecule has 5 rings (SSSR count). The van der Waals surface area contributed by atoms with Crippen LogP contribution in [0.25, 0.3) is 22.0 Å². The van der Waals surface area contributed by atoms with E-state index in [1.165, 1.54) is 0 Å². The van der Waals surface area contributed by atoms with Gasteiger partial charge in [-0.05, 0) is 47.5 Å². The Hall–Kier alpha value is -3.83. The van der Waals surface area contributed by atoms with E-state index in [0.717, 1.165) is 33.3 Å². The summed E-state index contributed by atoms with van der Waals surface area (Å²) in [6, 6.07) is 24.8. The summed E-state index contributed by atoms with van der Waals surface area (Å²) in [6.07, 6.45) is 0. The topological polar surface area (TPSA) is 57.7 Å². The van der Waals surface area contributed by atoms with Crippen LogP contribution in [-0.2, 0) is 16.1 Å². The van der Waals surface area contributed by atoms with E-state index in [4.69, 9.17) is 25.8 Å². The molecule has 0 bridgehead atoms. The molecular weight excluding hydrogens is 438 g/mol. The van der Waals surface area contributed by atoms with E-state index in [0.29, 0.717) is 28.7 Å². The van der Waals surface area contributed by atoms with Crippen molar-refractivity contribution in [2.45, 2.75) is 6.61 Å². The zero-order valence-electron chi connectivity index (χ0n) is 17.9. The Morgan fingerprint density at radius 3 is 2.55 bits per heavy atom. The van der Waals surface area contributed by atoms with Gasteiger partial charge < -0.3 is 14.2 Å². The average molecular weight is 458 g/mol. The molecule has 0 N–H and O–H groups in total. The number of carbonyl (C=O) groups excluding carboxylic acids is 1. The van der Waals surface area contributed by atoms with E-state index in [-0.39, 0.29) is 12.6 Å². The number of esters is 1. The molecule has 4 aromatic rings. The number of fused-ring (bicyclic) bond motifs is 1. The first-order chi connectivity index (χ1) is 16.1. The first-order valence-corrected chi connectivity index (χ1v) is 10.8. The Labute approximate surface area is 196 Å². The number of cyclic esters (lactones) is 1. The highest BCUT2D eigenvalue weighted by atomic mass is 35.5. The molecule has 0 atom stereocenters. The third kappa shape index (κ3) is 4.28. The highest BCUT2D eigenvalue weighted by molar-refractivity contribution is 6.32. The largest absolute Gasteiger partial charge is 0.495 e. The van der Waals surface area contributed by atoms with Crippen molar-refractivity contribution in [2.24, 2.45) is 0 Å². The van der Waals surface area contributed by atoms with Crippen LogP contribution in [0.2, 0.25) is 5.02 Å². The number of halogens is 1. The van der Waals surface area contributed by atoms with Gasteiger partial charge in [-0.1, -0.05) is 54.1 Å². The fraction of sp³-hybridized carbons (Fsp3) is 0.111. The summed E-state index contributed by atoms with van der Waals surface area (Å²) in [5, 5.41) is 1.57. The van der Waals surface area contributed by atoms with Crippen molar-refractivity contribution in [1.82, 2.24) is 4.98 Å². The smallest absolute Gasteiger partial charge is 0.339 e. The van der Waals surface area contributed by atoms with Crippen molar-refractivity contribution in [3.05, 3.63) is 101 Å². The molecule has 0 radical (unpaired) electrons. The van der Waals surface area contributed by atoms with Crippen molar-refractivity contribution in [3.63, 3.8) is 0 Å². The molecule has 0 fully saturated rings. The van der Waals surface area contributed by atoms with Crippen molar-refractivity contribution < 1.29 is 19.0 Å². The zero-order chi connectivity index (χ0) is 22.8. The van der Waals surface area contributed by atoms with Crippen LogP contribution in [0.5, 0.6) is 11.5 Å². The first kappa shape index (κ1) is 21.0. The van der Waals surface area contributed by atoms with E-state index in [9.17, 15) is 4.79 Å². The van der Waals surface area contributed by atoms with E-state index in [1.807, 2.05) is 66.7 Å². The lowest BCUT2D eigenvalue weighted by Gasteiger charge is -2.09. The number of ether oxygens (including phenoxy) is 3. The highest BCUT2D eigenvalue weighted by Crippen LogP contribution is 2.36. The second-order valence-corrected chi connectivity index (χ2v) is 7.99. The second kappa shape index (κ2) is 8.96. The van der Waals surface area contributed by atoms with Gasteiger partial charge in [0.05, 0.1) is 28.9 Å². The van der Waals surface area contributed by atoms with E-state index in [2.05, 4.69) is 4.98 Å². The molecule has 0 aliphatic carbocycles. The number of para-hydroxylation sites is 1. The normalized spacial score (nSPS) is 13.3. The number of rotatable bonds is 6. The van der Waals surface area contributed by atoms with Crippen LogP contribution in [0.1, 0.15) is 16.8 Å². The summed E-state index contributed by atoms with van der Waals surface area (Å²) in [4.78, 5) is 17.1. The molecule has 33 heavy (non-hydrogen) atoms. The molecule has 1 aliphatic heterocycles. The van der Waals surface area contributed by atoms with E-state index >= 15 is 0 Å². The number of hydrogen-bond donors (Lipinski definition) is 0. The first-order valence-electron chi connectivity index (χ1n) is 10.4. The molecule has 164 valence electrons. The van der Waals surface area contributed by atoms with Crippen LogP contribution in [0.3, 0.4) is 0 Å². The molecule has 1 aromatic heterocycles. The molecule has 3 aromatic carbocycles. The lowest BCUT2D eigenvalue weighted by atomic mass is 9.96. The molecule has 0 spiro atoms. The SMILES string of the molecule is COc1ccc(C2=C(c3ccc(OCc4ccc5ccccc5n4)cc3)C(=O)OC2)cc1Cl.